The van der Waals surface area contributed by atoms with Crippen molar-refractivity contribution in [3.8, 4) is 0 Å². The molecule has 0 radical (unpaired) electrons. The first-order valence-corrected chi connectivity index (χ1v) is 12.9. The summed E-state index contributed by atoms with van der Waals surface area (Å²) < 4.78 is 12.4. The molecule has 90 valence electrons. The van der Waals surface area contributed by atoms with E-state index < -0.39 is 19.0 Å². The normalized spacial score (nSPS) is 30.0. The van der Waals surface area contributed by atoms with Crippen molar-refractivity contribution in [2.75, 3.05) is 6.16 Å². The lowest BCUT2D eigenvalue weighted by Gasteiger charge is -2.22. The highest BCUT2D eigenvalue weighted by atomic mass is 35.9. The van der Waals surface area contributed by atoms with Gasteiger partial charge in [-0.05, 0) is 45.0 Å². The molecule has 3 nitrogen and oxygen atoms in total. The quantitative estimate of drug-likeness (QED) is 0.286. The molecule has 0 spiro atoms. The molecule has 0 aromatic rings. The SMILES string of the molecule is C=C=CP1(CC=C)=NP(Cl)(Cl)=NP(Cl)(Cl)=N1. The smallest absolute Gasteiger partial charge is 0.208 e. The molecule has 1 aliphatic heterocycles. The van der Waals surface area contributed by atoms with Crippen LogP contribution in [0.2, 0.25) is 0 Å². The summed E-state index contributed by atoms with van der Waals surface area (Å²) >= 11 is 23.9. The Labute approximate surface area is 114 Å². The zero-order chi connectivity index (χ0) is 12.4. The van der Waals surface area contributed by atoms with Gasteiger partial charge in [0, 0.05) is 12.0 Å². The molecule has 0 fully saturated rings. The first-order valence-electron chi connectivity index (χ1n) is 3.91. The van der Waals surface area contributed by atoms with Gasteiger partial charge in [-0.3, -0.25) is 0 Å². The van der Waals surface area contributed by atoms with Crippen molar-refractivity contribution in [1.29, 1.82) is 0 Å². The van der Waals surface area contributed by atoms with Crippen LogP contribution in [0.3, 0.4) is 0 Å². The van der Waals surface area contributed by atoms with Gasteiger partial charge in [0.05, 0.1) is 0 Å². The van der Waals surface area contributed by atoms with Gasteiger partial charge in [0.25, 0.3) is 11.8 Å². The number of hydrogen-bond donors (Lipinski definition) is 0. The fraction of sp³-hybridized carbons (Fsp3) is 0.167. The van der Waals surface area contributed by atoms with Crippen LogP contribution in [0.5, 0.6) is 0 Å². The van der Waals surface area contributed by atoms with Crippen molar-refractivity contribution in [2.24, 2.45) is 13.5 Å². The van der Waals surface area contributed by atoms with Gasteiger partial charge in [-0.2, -0.15) is 4.52 Å². The molecule has 0 bridgehead atoms. The summed E-state index contributed by atoms with van der Waals surface area (Å²) in [6.07, 6.45) is 2.15. The Bertz CT molecular complexity index is 512. The van der Waals surface area contributed by atoms with E-state index in [9.17, 15) is 0 Å². The Balaban J connectivity index is 3.60. The van der Waals surface area contributed by atoms with Gasteiger partial charge >= 0.3 is 0 Å². The van der Waals surface area contributed by atoms with Crippen LogP contribution in [0.1, 0.15) is 0 Å². The minimum atomic E-state index is -2.85. The van der Waals surface area contributed by atoms with Crippen molar-refractivity contribution in [3.63, 3.8) is 0 Å². The molecule has 0 aliphatic carbocycles. The largest absolute Gasteiger partial charge is 0.255 e. The van der Waals surface area contributed by atoms with Crippen LogP contribution in [0, 0.1) is 0 Å². The molecule has 0 aromatic heterocycles. The summed E-state index contributed by atoms with van der Waals surface area (Å²) in [5, 5.41) is 0. The zero-order valence-electron chi connectivity index (χ0n) is 7.97. The number of rotatable bonds is 3. The lowest BCUT2D eigenvalue weighted by atomic mass is 10.8. The Kier molecular flexibility index (Phi) is 5.11. The predicted octanol–water partition coefficient (Wildman–Crippen LogP) is 7.45. The van der Waals surface area contributed by atoms with E-state index >= 15 is 0 Å². The van der Waals surface area contributed by atoms with E-state index in [1.54, 1.807) is 11.9 Å². The molecule has 0 N–H and O–H groups in total. The maximum atomic E-state index is 5.98. The van der Waals surface area contributed by atoms with Gasteiger partial charge in [-0.15, -0.1) is 12.3 Å². The van der Waals surface area contributed by atoms with E-state index in [2.05, 4.69) is 32.4 Å². The van der Waals surface area contributed by atoms with Crippen LogP contribution in [-0.2, 0) is 0 Å². The standard InChI is InChI=1S/C6H8Cl4N3P3/c1-3-5-14(6-4-2)11-15(7,8)13-16(9,10)12-14/h3,6H,1-2,5H2. The second-order valence-electron chi connectivity index (χ2n) is 2.77. The van der Waals surface area contributed by atoms with Gasteiger partial charge in [0.2, 0.25) is 0 Å². The third-order valence-corrected chi connectivity index (χ3v) is 13.6. The first-order chi connectivity index (χ1) is 7.24. The van der Waals surface area contributed by atoms with Crippen LogP contribution < -0.4 is 0 Å². The summed E-state index contributed by atoms with van der Waals surface area (Å²) in [5.74, 6) is -4.07. The Morgan fingerprint density at radius 1 is 1.06 bits per heavy atom. The predicted molar refractivity (Wildman–Crippen MR) is 80.2 cm³/mol. The van der Waals surface area contributed by atoms with Crippen molar-refractivity contribution >= 4 is 64.0 Å². The summed E-state index contributed by atoms with van der Waals surface area (Å²) in [7, 11) is -2.32. The summed E-state index contributed by atoms with van der Waals surface area (Å²) in [5.41, 5.74) is 2.64. The van der Waals surface area contributed by atoms with Crippen LogP contribution in [-0.4, -0.2) is 6.16 Å². The monoisotopic (exact) mass is 355 g/mol. The minimum absolute atomic E-state index is 0.480. The van der Waals surface area contributed by atoms with Crippen molar-refractivity contribution in [3.05, 3.63) is 30.8 Å². The van der Waals surface area contributed by atoms with Gasteiger partial charge < -0.3 is 0 Å². The first kappa shape index (κ1) is 15.2. The molecule has 0 saturated carbocycles. The second kappa shape index (κ2) is 5.40. The average Bonchev–Trinajstić information content (AvgIpc) is 1.97. The molecule has 0 saturated heterocycles. The van der Waals surface area contributed by atoms with Gasteiger partial charge in [-0.25, -0.2) is 9.03 Å². The average molecular weight is 357 g/mol. The highest BCUT2D eigenvalue weighted by Gasteiger charge is 2.30. The molecule has 0 aromatic carbocycles. The lowest BCUT2D eigenvalue weighted by Crippen LogP contribution is -1.81. The molecule has 1 unspecified atom stereocenters. The maximum absolute atomic E-state index is 5.98. The van der Waals surface area contributed by atoms with Gasteiger partial charge in [0.15, 0.2) is 0 Å². The molecule has 1 atom stereocenters. The molecule has 1 rings (SSSR count). The topological polar surface area (TPSA) is 37.1 Å². The lowest BCUT2D eigenvalue weighted by molar-refractivity contribution is 1.63. The maximum Gasteiger partial charge on any atom is 0.255 e. The molecular formula is C6H8Cl4N3P3. The summed E-state index contributed by atoms with van der Waals surface area (Å²) in [6, 6.07) is 0. The van der Waals surface area contributed by atoms with Gasteiger partial charge in [-0.1, -0.05) is 12.7 Å². The van der Waals surface area contributed by atoms with E-state index in [1.165, 1.54) is 0 Å². The van der Waals surface area contributed by atoms with Crippen LogP contribution in [0.25, 0.3) is 0 Å². The summed E-state index contributed by atoms with van der Waals surface area (Å²) in [4.78, 5) is 0. The fourth-order valence-electron chi connectivity index (χ4n) is 1.07. The molecule has 0 amide bonds. The zero-order valence-corrected chi connectivity index (χ0v) is 13.7. The molecular weight excluding hydrogens is 349 g/mol. The van der Waals surface area contributed by atoms with Crippen molar-refractivity contribution in [2.45, 2.75) is 0 Å². The number of halogens is 4. The van der Waals surface area contributed by atoms with Crippen LogP contribution in [0.15, 0.2) is 44.3 Å². The Hall–Kier alpha value is 1.11. The number of allylic oxidation sites excluding steroid dienone is 1. The third kappa shape index (κ3) is 4.09. The molecule has 1 aliphatic rings. The van der Waals surface area contributed by atoms with Gasteiger partial charge in [0.1, 0.15) is 7.21 Å². The highest BCUT2D eigenvalue weighted by molar-refractivity contribution is 8.21. The number of nitrogens with zero attached hydrogens (tertiary/aromatic N) is 3. The fourth-order valence-corrected chi connectivity index (χ4v) is 17.2. The molecule has 16 heavy (non-hydrogen) atoms. The minimum Gasteiger partial charge on any atom is -0.208 e. The third-order valence-electron chi connectivity index (χ3n) is 1.44. The van der Waals surface area contributed by atoms with Crippen LogP contribution >= 0.6 is 64.0 Å². The van der Waals surface area contributed by atoms with Crippen molar-refractivity contribution < 1.29 is 0 Å². The summed E-state index contributed by atoms with van der Waals surface area (Å²) in [6.45, 7) is 7.13. The van der Waals surface area contributed by atoms with E-state index in [1.807, 2.05) is 0 Å². The molecule has 10 heteroatoms. The van der Waals surface area contributed by atoms with E-state index in [0.717, 1.165) is 0 Å². The number of hydrogen-bond acceptors (Lipinski definition) is 3. The second-order valence-corrected chi connectivity index (χ2v) is 15.6. The Morgan fingerprint density at radius 2 is 1.62 bits per heavy atom. The van der Waals surface area contributed by atoms with E-state index in [0.29, 0.717) is 6.16 Å². The van der Waals surface area contributed by atoms with Crippen molar-refractivity contribution in [1.82, 2.24) is 0 Å². The Morgan fingerprint density at radius 3 is 2.06 bits per heavy atom. The van der Waals surface area contributed by atoms with Crippen LogP contribution in [0.4, 0.5) is 0 Å². The van der Waals surface area contributed by atoms with E-state index in [4.69, 9.17) is 45.0 Å². The van der Waals surface area contributed by atoms with E-state index in [-0.39, 0.29) is 0 Å². The molecule has 1 heterocycles. The highest BCUT2D eigenvalue weighted by Crippen LogP contribution is 2.85.